The van der Waals surface area contributed by atoms with Gasteiger partial charge in [-0.2, -0.15) is 0 Å². The van der Waals surface area contributed by atoms with Crippen LogP contribution in [-0.2, 0) is 4.74 Å². The molecule has 1 aliphatic rings. The summed E-state index contributed by atoms with van der Waals surface area (Å²) >= 11 is 0. The molecule has 96 valence electrons. The summed E-state index contributed by atoms with van der Waals surface area (Å²) in [5.74, 6) is -0.172. The van der Waals surface area contributed by atoms with Gasteiger partial charge in [-0.05, 0) is 51.4 Å². The fourth-order valence-corrected chi connectivity index (χ4v) is 2.37. The topological polar surface area (TPSA) is 49.7 Å². The van der Waals surface area contributed by atoms with Gasteiger partial charge in [0.1, 0.15) is 6.61 Å². The first-order valence-corrected chi connectivity index (χ1v) is 6.31. The quantitative estimate of drug-likeness (QED) is 0.729. The molecule has 2 N–H and O–H groups in total. The molecule has 1 aliphatic carbocycles. The molecular formula is C13H26O3. The zero-order valence-electron chi connectivity index (χ0n) is 11.0. The molecule has 3 heteroatoms. The molecule has 0 radical (unpaired) electrons. The van der Waals surface area contributed by atoms with E-state index in [1.165, 1.54) is 19.8 Å². The van der Waals surface area contributed by atoms with Crippen molar-refractivity contribution in [2.75, 3.05) is 6.61 Å². The van der Waals surface area contributed by atoms with E-state index in [0.29, 0.717) is 0 Å². The molecule has 0 unspecified atom stereocenters. The molecule has 0 saturated heterocycles. The summed E-state index contributed by atoms with van der Waals surface area (Å²) in [7, 11) is 0. The second-order valence-corrected chi connectivity index (χ2v) is 6.04. The maximum absolute atomic E-state index is 9.23. The molecule has 0 aliphatic heterocycles. The average molecular weight is 230 g/mol. The monoisotopic (exact) mass is 230 g/mol. The SMILES string of the molecule is CC(C)C1CCC(C)(OCC(C)(O)O)CC1. The van der Waals surface area contributed by atoms with Gasteiger partial charge in [0.05, 0.1) is 5.60 Å². The molecule has 0 amide bonds. The second-order valence-electron chi connectivity index (χ2n) is 6.04. The average Bonchev–Trinajstić information content (AvgIpc) is 2.15. The third-order valence-corrected chi connectivity index (χ3v) is 3.72. The summed E-state index contributed by atoms with van der Waals surface area (Å²) < 4.78 is 5.66. The van der Waals surface area contributed by atoms with Crippen LogP contribution in [0.2, 0.25) is 0 Å². The van der Waals surface area contributed by atoms with E-state index in [-0.39, 0.29) is 12.2 Å². The van der Waals surface area contributed by atoms with Crippen LogP contribution in [0.15, 0.2) is 0 Å². The van der Waals surface area contributed by atoms with Gasteiger partial charge in [0.25, 0.3) is 0 Å². The van der Waals surface area contributed by atoms with Crippen molar-refractivity contribution in [3.63, 3.8) is 0 Å². The van der Waals surface area contributed by atoms with Gasteiger partial charge in [-0.1, -0.05) is 13.8 Å². The second kappa shape index (κ2) is 5.03. The first-order valence-electron chi connectivity index (χ1n) is 6.31. The molecular weight excluding hydrogens is 204 g/mol. The minimum atomic E-state index is -1.71. The van der Waals surface area contributed by atoms with Crippen LogP contribution in [0.1, 0.15) is 53.4 Å². The van der Waals surface area contributed by atoms with Gasteiger partial charge in [-0.3, -0.25) is 0 Å². The van der Waals surface area contributed by atoms with Gasteiger partial charge < -0.3 is 14.9 Å². The van der Waals surface area contributed by atoms with E-state index in [9.17, 15) is 10.2 Å². The third-order valence-electron chi connectivity index (χ3n) is 3.72. The van der Waals surface area contributed by atoms with E-state index in [4.69, 9.17) is 4.74 Å². The number of aliphatic hydroxyl groups is 2. The lowest BCUT2D eigenvalue weighted by atomic mass is 9.75. The van der Waals surface area contributed by atoms with Crippen LogP contribution in [0.4, 0.5) is 0 Å². The fraction of sp³-hybridized carbons (Fsp3) is 1.00. The van der Waals surface area contributed by atoms with Crippen molar-refractivity contribution in [3.05, 3.63) is 0 Å². The van der Waals surface area contributed by atoms with Crippen molar-refractivity contribution in [1.82, 2.24) is 0 Å². The van der Waals surface area contributed by atoms with Gasteiger partial charge in [-0.25, -0.2) is 0 Å². The Morgan fingerprint density at radius 1 is 1.31 bits per heavy atom. The number of hydrogen-bond acceptors (Lipinski definition) is 3. The third kappa shape index (κ3) is 4.40. The van der Waals surface area contributed by atoms with Crippen molar-refractivity contribution in [3.8, 4) is 0 Å². The standard InChI is InChI=1S/C13H26O3/c1-10(2)11-5-7-12(3,8-6-11)16-9-13(4,14)15/h10-11,14-15H,5-9H2,1-4H3. The molecule has 0 aromatic rings. The van der Waals surface area contributed by atoms with Crippen LogP contribution in [0.5, 0.6) is 0 Å². The Morgan fingerprint density at radius 2 is 1.81 bits per heavy atom. The Morgan fingerprint density at radius 3 is 2.19 bits per heavy atom. The molecule has 16 heavy (non-hydrogen) atoms. The normalized spacial score (nSPS) is 32.1. The smallest absolute Gasteiger partial charge is 0.183 e. The Kier molecular flexibility index (Phi) is 4.38. The highest BCUT2D eigenvalue weighted by atomic mass is 16.6. The summed E-state index contributed by atoms with van der Waals surface area (Å²) in [5, 5.41) is 18.5. The van der Waals surface area contributed by atoms with E-state index < -0.39 is 5.79 Å². The maximum Gasteiger partial charge on any atom is 0.183 e. The fourth-order valence-electron chi connectivity index (χ4n) is 2.37. The van der Waals surface area contributed by atoms with Gasteiger partial charge >= 0.3 is 0 Å². The Hall–Kier alpha value is -0.120. The van der Waals surface area contributed by atoms with Crippen LogP contribution in [0, 0.1) is 11.8 Å². The van der Waals surface area contributed by atoms with Crippen molar-refractivity contribution in [2.45, 2.75) is 64.8 Å². The van der Waals surface area contributed by atoms with Crippen LogP contribution in [0.3, 0.4) is 0 Å². The molecule has 0 bridgehead atoms. The lowest BCUT2D eigenvalue weighted by Crippen LogP contribution is -2.40. The van der Waals surface area contributed by atoms with Gasteiger partial charge in [0.15, 0.2) is 5.79 Å². The first-order chi connectivity index (χ1) is 7.22. The van der Waals surface area contributed by atoms with Crippen molar-refractivity contribution < 1.29 is 14.9 Å². The minimum Gasteiger partial charge on any atom is -0.370 e. The molecule has 0 heterocycles. The number of hydrogen-bond donors (Lipinski definition) is 2. The Bertz CT molecular complexity index is 210. The molecule has 0 spiro atoms. The van der Waals surface area contributed by atoms with Crippen LogP contribution < -0.4 is 0 Å². The number of ether oxygens (including phenoxy) is 1. The van der Waals surface area contributed by atoms with Crippen molar-refractivity contribution >= 4 is 0 Å². The Labute approximate surface area is 98.8 Å². The zero-order chi connectivity index (χ0) is 12.4. The van der Waals surface area contributed by atoms with Gasteiger partial charge in [0.2, 0.25) is 0 Å². The van der Waals surface area contributed by atoms with E-state index in [1.54, 1.807) is 0 Å². The molecule has 0 aromatic carbocycles. The Balaban J connectivity index is 2.38. The molecule has 1 saturated carbocycles. The summed E-state index contributed by atoms with van der Waals surface area (Å²) in [6, 6.07) is 0. The van der Waals surface area contributed by atoms with Crippen LogP contribution >= 0.6 is 0 Å². The van der Waals surface area contributed by atoms with Crippen molar-refractivity contribution in [2.24, 2.45) is 11.8 Å². The van der Waals surface area contributed by atoms with Gasteiger partial charge in [-0.15, -0.1) is 0 Å². The lowest BCUT2D eigenvalue weighted by molar-refractivity contribution is -0.214. The summed E-state index contributed by atoms with van der Waals surface area (Å²) in [6.07, 6.45) is 4.40. The molecule has 1 fully saturated rings. The van der Waals surface area contributed by atoms with E-state index in [2.05, 4.69) is 20.8 Å². The van der Waals surface area contributed by atoms with Crippen LogP contribution in [0.25, 0.3) is 0 Å². The zero-order valence-corrected chi connectivity index (χ0v) is 11.0. The summed E-state index contributed by atoms with van der Waals surface area (Å²) in [6.45, 7) is 7.97. The minimum absolute atomic E-state index is 0.00412. The summed E-state index contributed by atoms with van der Waals surface area (Å²) in [4.78, 5) is 0. The predicted molar refractivity (Wildman–Crippen MR) is 64.0 cm³/mol. The predicted octanol–water partition coefficient (Wildman–Crippen LogP) is 2.31. The largest absolute Gasteiger partial charge is 0.370 e. The van der Waals surface area contributed by atoms with E-state index in [0.717, 1.165) is 24.7 Å². The highest BCUT2D eigenvalue weighted by molar-refractivity contribution is 4.84. The highest BCUT2D eigenvalue weighted by Gasteiger charge is 2.34. The number of rotatable bonds is 4. The van der Waals surface area contributed by atoms with Crippen molar-refractivity contribution in [1.29, 1.82) is 0 Å². The first kappa shape index (κ1) is 13.9. The van der Waals surface area contributed by atoms with Crippen LogP contribution in [-0.4, -0.2) is 28.2 Å². The molecule has 0 aromatic heterocycles. The summed E-state index contributed by atoms with van der Waals surface area (Å²) in [5.41, 5.74) is -0.169. The lowest BCUT2D eigenvalue weighted by Gasteiger charge is -2.39. The van der Waals surface area contributed by atoms with E-state index in [1.807, 2.05) is 0 Å². The molecule has 0 atom stereocenters. The molecule has 3 nitrogen and oxygen atoms in total. The van der Waals surface area contributed by atoms with Gasteiger partial charge in [0, 0.05) is 0 Å². The maximum atomic E-state index is 9.23. The van der Waals surface area contributed by atoms with E-state index >= 15 is 0 Å². The highest BCUT2D eigenvalue weighted by Crippen LogP contribution is 2.37. The molecule has 1 rings (SSSR count).